The van der Waals surface area contributed by atoms with Crippen LogP contribution in [0.25, 0.3) is 0 Å². The number of fused-ring (bicyclic) bond motifs is 1. The van der Waals surface area contributed by atoms with Gasteiger partial charge >= 0.3 is 0 Å². The molecule has 23 heavy (non-hydrogen) atoms. The minimum Gasteiger partial charge on any atom is -0.359 e. The molecule has 0 saturated heterocycles. The molecule has 0 N–H and O–H groups in total. The average molecular weight is 311 g/mol. The first-order chi connectivity index (χ1) is 11.1. The number of benzene rings is 1. The Morgan fingerprint density at radius 1 is 1.30 bits per heavy atom. The highest BCUT2D eigenvalue weighted by atomic mass is 16.2. The van der Waals surface area contributed by atoms with Gasteiger partial charge in [-0.25, -0.2) is 0 Å². The van der Waals surface area contributed by atoms with Crippen LogP contribution in [-0.4, -0.2) is 36.0 Å². The summed E-state index contributed by atoms with van der Waals surface area (Å²) >= 11 is 0. The third-order valence-corrected chi connectivity index (χ3v) is 5.61. The number of likely N-dealkylation sites (N-methyl/N-ethyl adjacent to an activating group) is 1. The molecule has 1 amide bonds. The summed E-state index contributed by atoms with van der Waals surface area (Å²) in [6.07, 6.45) is 5.82. The predicted molar refractivity (Wildman–Crippen MR) is 91.2 cm³/mol. The highest BCUT2D eigenvalue weighted by molar-refractivity contribution is 5.86. The first-order valence-corrected chi connectivity index (χ1v) is 8.62. The summed E-state index contributed by atoms with van der Waals surface area (Å²) in [6, 6.07) is 10.5. The number of amides is 1. The Morgan fingerprint density at radius 3 is 2.70 bits per heavy atom. The van der Waals surface area contributed by atoms with Crippen molar-refractivity contribution in [1.29, 1.82) is 5.26 Å². The van der Waals surface area contributed by atoms with Gasteiger partial charge in [-0.3, -0.25) is 4.79 Å². The van der Waals surface area contributed by atoms with Crippen LogP contribution < -0.4 is 4.90 Å². The van der Waals surface area contributed by atoms with Gasteiger partial charge in [0, 0.05) is 19.3 Å². The Labute approximate surface area is 138 Å². The van der Waals surface area contributed by atoms with E-state index in [4.69, 9.17) is 0 Å². The Balaban J connectivity index is 1.79. The lowest BCUT2D eigenvalue weighted by Gasteiger charge is -2.41. The van der Waals surface area contributed by atoms with Gasteiger partial charge in [-0.2, -0.15) is 5.26 Å². The van der Waals surface area contributed by atoms with Crippen LogP contribution in [0.3, 0.4) is 0 Å². The van der Waals surface area contributed by atoms with Crippen LogP contribution in [0.4, 0.5) is 5.69 Å². The van der Waals surface area contributed by atoms with Gasteiger partial charge in [-0.1, -0.05) is 37.5 Å². The van der Waals surface area contributed by atoms with Crippen molar-refractivity contribution in [2.24, 2.45) is 0 Å². The summed E-state index contributed by atoms with van der Waals surface area (Å²) in [4.78, 5) is 17.0. The van der Waals surface area contributed by atoms with Gasteiger partial charge in [0.1, 0.15) is 11.6 Å². The summed E-state index contributed by atoms with van der Waals surface area (Å²) in [5.41, 5.74) is 1.86. The van der Waals surface area contributed by atoms with E-state index in [2.05, 4.69) is 23.1 Å². The molecule has 1 heterocycles. The van der Waals surface area contributed by atoms with Gasteiger partial charge < -0.3 is 9.80 Å². The number of para-hydroxylation sites is 1. The Bertz CT molecular complexity index is 628. The molecule has 0 radical (unpaired) electrons. The molecule has 1 aromatic rings. The maximum atomic E-state index is 13.0. The van der Waals surface area contributed by atoms with Crippen molar-refractivity contribution in [3.8, 4) is 6.07 Å². The van der Waals surface area contributed by atoms with E-state index in [1.165, 1.54) is 12.0 Å². The number of nitriles is 1. The van der Waals surface area contributed by atoms with Crippen LogP contribution in [0, 0.1) is 11.3 Å². The number of nitrogens with zero attached hydrogens (tertiary/aromatic N) is 3. The molecule has 1 aliphatic carbocycles. The van der Waals surface area contributed by atoms with E-state index >= 15 is 0 Å². The van der Waals surface area contributed by atoms with E-state index in [1.807, 2.05) is 26.1 Å². The van der Waals surface area contributed by atoms with Gasteiger partial charge in [-0.05, 0) is 37.8 Å². The molecule has 122 valence electrons. The van der Waals surface area contributed by atoms with Gasteiger partial charge in [0.25, 0.3) is 0 Å². The van der Waals surface area contributed by atoms with Crippen molar-refractivity contribution in [3.05, 3.63) is 29.8 Å². The van der Waals surface area contributed by atoms with Crippen LogP contribution >= 0.6 is 0 Å². The second-order valence-corrected chi connectivity index (χ2v) is 6.85. The van der Waals surface area contributed by atoms with Crippen molar-refractivity contribution in [3.63, 3.8) is 0 Å². The number of hydrogen-bond donors (Lipinski definition) is 0. The standard InChI is InChI=1S/C19H25N3O/c1-15(22-13-10-16-8-4-5-9-17(16)22)18(23)21(2)19(14-20)11-6-3-7-12-19/h4-5,8-9,15H,3,6-7,10-13H2,1-2H3/t15-/m0/s1. The van der Waals surface area contributed by atoms with Crippen LogP contribution in [0.15, 0.2) is 24.3 Å². The minimum absolute atomic E-state index is 0.0603. The molecule has 0 aromatic heterocycles. The molecule has 1 aliphatic heterocycles. The fraction of sp³-hybridized carbons (Fsp3) is 0.579. The van der Waals surface area contributed by atoms with Crippen molar-refractivity contribution < 1.29 is 4.79 Å². The van der Waals surface area contributed by atoms with Crippen LogP contribution in [-0.2, 0) is 11.2 Å². The number of rotatable bonds is 3. The Kier molecular flexibility index (Phi) is 4.30. The molecular formula is C19H25N3O. The van der Waals surface area contributed by atoms with Crippen molar-refractivity contribution >= 4 is 11.6 Å². The zero-order valence-corrected chi connectivity index (χ0v) is 14.1. The van der Waals surface area contributed by atoms with Gasteiger partial charge in [0.05, 0.1) is 6.07 Å². The van der Waals surface area contributed by atoms with Gasteiger partial charge in [0.2, 0.25) is 5.91 Å². The summed E-state index contributed by atoms with van der Waals surface area (Å²) in [5.74, 6) is 0.0603. The lowest BCUT2D eigenvalue weighted by molar-refractivity contribution is -0.135. The molecule has 1 atom stereocenters. The average Bonchev–Trinajstić information content (AvgIpc) is 3.04. The molecule has 4 nitrogen and oxygen atoms in total. The van der Waals surface area contributed by atoms with E-state index in [0.29, 0.717) is 0 Å². The molecule has 0 bridgehead atoms. The zero-order chi connectivity index (χ0) is 16.4. The topological polar surface area (TPSA) is 47.3 Å². The molecule has 4 heteroatoms. The normalized spacial score (nSPS) is 20.5. The third-order valence-electron chi connectivity index (χ3n) is 5.61. The number of anilines is 1. The molecule has 0 spiro atoms. The first kappa shape index (κ1) is 15.9. The largest absolute Gasteiger partial charge is 0.359 e. The Morgan fingerprint density at radius 2 is 2.00 bits per heavy atom. The third kappa shape index (κ3) is 2.69. The maximum Gasteiger partial charge on any atom is 0.246 e. The second-order valence-electron chi connectivity index (χ2n) is 6.85. The van der Waals surface area contributed by atoms with Gasteiger partial charge in [-0.15, -0.1) is 0 Å². The number of carbonyl (C=O) groups is 1. The van der Waals surface area contributed by atoms with Crippen molar-refractivity contribution in [2.75, 3.05) is 18.5 Å². The zero-order valence-electron chi connectivity index (χ0n) is 14.1. The summed E-state index contributed by atoms with van der Waals surface area (Å²) in [6.45, 7) is 2.84. The van der Waals surface area contributed by atoms with E-state index in [9.17, 15) is 10.1 Å². The molecular weight excluding hydrogens is 286 g/mol. The number of hydrogen-bond acceptors (Lipinski definition) is 3. The number of carbonyl (C=O) groups excluding carboxylic acids is 1. The van der Waals surface area contributed by atoms with E-state index in [1.54, 1.807) is 4.90 Å². The smallest absolute Gasteiger partial charge is 0.246 e. The van der Waals surface area contributed by atoms with E-state index in [-0.39, 0.29) is 11.9 Å². The molecule has 1 fully saturated rings. The fourth-order valence-electron chi connectivity index (χ4n) is 4.05. The molecule has 0 unspecified atom stereocenters. The summed E-state index contributed by atoms with van der Waals surface area (Å²) in [5, 5.41) is 9.71. The van der Waals surface area contributed by atoms with Crippen LogP contribution in [0.1, 0.15) is 44.6 Å². The van der Waals surface area contributed by atoms with E-state index < -0.39 is 5.54 Å². The van der Waals surface area contributed by atoms with Crippen LogP contribution in [0.5, 0.6) is 0 Å². The molecule has 3 rings (SSSR count). The lowest BCUT2D eigenvalue weighted by atomic mass is 9.81. The second kappa shape index (κ2) is 6.23. The first-order valence-electron chi connectivity index (χ1n) is 8.62. The molecule has 1 saturated carbocycles. The summed E-state index contributed by atoms with van der Waals surface area (Å²) < 4.78 is 0. The van der Waals surface area contributed by atoms with E-state index in [0.717, 1.165) is 44.3 Å². The van der Waals surface area contributed by atoms with Crippen LogP contribution in [0.2, 0.25) is 0 Å². The monoisotopic (exact) mass is 311 g/mol. The van der Waals surface area contributed by atoms with Crippen molar-refractivity contribution in [1.82, 2.24) is 4.90 Å². The quantitative estimate of drug-likeness (QED) is 0.861. The minimum atomic E-state index is -0.608. The SMILES string of the molecule is C[C@@H](C(=O)N(C)C1(C#N)CCCCC1)N1CCc2ccccc21. The fourth-order valence-corrected chi connectivity index (χ4v) is 4.05. The summed E-state index contributed by atoms with van der Waals surface area (Å²) in [7, 11) is 1.81. The molecule has 1 aromatic carbocycles. The molecule has 2 aliphatic rings. The maximum absolute atomic E-state index is 13.0. The lowest BCUT2D eigenvalue weighted by Crippen LogP contribution is -2.55. The van der Waals surface area contributed by atoms with Crippen molar-refractivity contribution in [2.45, 2.75) is 57.0 Å². The highest BCUT2D eigenvalue weighted by Crippen LogP contribution is 2.34. The highest BCUT2D eigenvalue weighted by Gasteiger charge is 2.41. The van der Waals surface area contributed by atoms with Gasteiger partial charge in [0.15, 0.2) is 0 Å². The Hall–Kier alpha value is -2.02. The predicted octanol–water partition coefficient (Wildman–Crippen LogP) is 3.12.